The van der Waals surface area contributed by atoms with Crippen molar-refractivity contribution in [1.82, 2.24) is 15.2 Å². The van der Waals surface area contributed by atoms with Crippen LogP contribution in [0.3, 0.4) is 0 Å². The van der Waals surface area contributed by atoms with Crippen LogP contribution in [-0.2, 0) is 4.79 Å². The van der Waals surface area contributed by atoms with Crippen molar-refractivity contribution in [2.75, 3.05) is 12.8 Å². The predicted molar refractivity (Wildman–Crippen MR) is 117 cm³/mol. The van der Waals surface area contributed by atoms with Crippen molar-refractivity contribution >= 4 is 46.4 Å². The quantitative estimate of drug-likeness (QED) is 0.437. The molecule has 1 fully saturated rings. The van der Waals surface area contributed by atoms with Crippen molar-refractivity contribution in [2.45, 2.75) is 22.7 Å². The summed E-state index contributed by atoms with van der Waals surface area (Å²) in [6.45, 7) is 5.68. The number of carboxylic acids is 1. The standard InChI is InChI=1S/C19H21N3O3S3/c1-4-6-11(7-5-2)12-9-27-19(21-12)28-14-10-26-17-15(20-3)13(8-23)22(17)16(14)18(24)25/h4-9,15,17,20,23H,1,10H2,2-3H3,(H,24,25)/b7-5-,11-6+,13-8?. The number of likely N-dealkylation sites (N-methyl/N-ethyl adjacent to an activating group) is 1. The summed E-state index contributed by atoms with van der Waals surface area (Å²) in [7, 11) is 1.80. The molecule has 148 valence electrons. The molecular weight excluding hydrogens is 414 g/mol. The molecule has 2 unspecified atom stereocenters. The maximum Gasteiger partial charge on any atom is 0.353 e. The third-order valence-electron chi connectivity index (χ3n) is 4.31. The van der Waals surface area contributed by atoms with Crippen LogP contribution >= 0.6 is 34.9 Å². The van der Waals surface area contributed by atoms with E-state index in [9.17, 15) is 15.0 Å². The molecule has 0 saturated carbocycles. The number of aromatic nitrogens is 1. The van der Waals surface area contributed by atoms with Crippen LogP contribution in [0.15, 0.2) is 63.2 Å². The molecule has 0 spiro atoms. The number of thioether (sulfide) groups is 2. The van der Waals surface area contributed by atoms with Gasteiger partial charge in [-0.05, 0) is 14.0 Å². The highest BCUT2D eigenvalue weighted by molar-refractivity contribution is 8.07. The number of nitrogens with one attached hydrogen (secondary N) is 1. The molecule has 3 N–H and O–H groups in total. The Labute approximate surface area is 176 Å². The summed E-state index contributed by atoms with van der Waals surface area (Å²) in [5.41, 5.74) is 2.57. The Balaban J connectivity index is 1.90. The molecule has 1 aromatic heterocycles. The van der Waals surface area contributed by atoms with E-state index in [0.717, 1.165) is 26.8 Å². The molecule has 2 aliphatic rings. The minimum Gasteiger partial charge on any atom is -0.514 e. The van der Waals surface area contributed by atoms with Crippen LogP contribution in [0.4, 0.5) is 0 Å². The number of rotatable bonds is 7. The molecule has 28 heavy (non-hydrogen) atoms. The van der Waals surface area contributed by atoms with E-state index in [-0.39, 0.29) is 17.1 Å². The number of aliphatic carboxylic acids is 1. The number of carboxylic acid groups (broad SMARTS) is 1. The highest BCUT2D eigenvalue weighted by atomic mass is 32.2. The minimum absolute atomic E-state index is 0.0393. The molecule has 0 bridgehead atoms. The van der Waals surface area contributed by atoms with Gasteiger partial charge in [0.1, 0.15) is 17.3 Å². The van der Waals surface area contributed by atoms with E-state index in [4.69, 9.17) is 0 Å². The van der Waals surface area contributed by atoms with Crippen molar-refractivity contribution in [3.63, 3.8) is 0 Å². The molecule has 3 rings (SSSR count). The second kappa shape index (κ2) is 9.04. The Morgan fingerprint density at radius 1 is 1.54 bits per heavy atom. The number of nitrogens with zero attached hydrogens (tertiary/aromatic N) is 2. The fourth-order valence-electron chi connectivity index (χ4n) is 3.11. The molecule has 2 atom stereocenters. The number of carbonyl (C=O) groups is 1. The molecular formula is C19H21N3O3S3. The highest BCUT2D eigenvalue weighted by Gasteiger charge is 2.50. The molecule has 9 heteroatoms. The van der Waals surface area contributed by atoms with Gasteiger partial charge in [0, 0.05) is 21.6 Å². The third kappa shape index (κ3) is 3.80. The maximum absolute atomic E-state index is 12.0. The number of fused-ring (bicyclic) bond motifs is 1. The average molecular weight is 436 g/mol. The van der Waals surface area contributed by atoms with Gasteiger partial charge in [-0.25, -0.2) is 9.78 Å². The molecule has 0 aromatic carbocycles. The van der Waals surface area contributed by atoms with Crippen molar-refractivity contribution in [1.29, 1.82) is 0 Å². The first-order chi connectivity index (χ1) is 13.5. The normalized spacial score (nSPS) is 23.9. The molecule has 1 aromatic rings. The van der Waals surface area contributed by atoms with E-state index < -0.39 is 5.97 Å². The first-order valence-electron chi connectivity index (χ1n) is 8.53. The Morgan fingerprint density at radius 2 is 2.32 bits per heavy atom. The summed E-state index contributed by atoms with van der Waals surface area (Å²) in [5, 5.41) is 24.4. The van der Waals surface area contributed by atoms with Gasteiger partial charge in [-0.3, -0.25) is 0 Å². The van der Waals surface area contributed by atoms with Gasteiger partial charge in [0.25, 0.3) is 0 Å². The van der Waals surface area contributed by atoms with Gasteiger partial charge in [0.05, 0.1) is 17.4 Å². The van der Waals surface area contributed by atoms with Gasteiger partial charge in [-0.2, -0.15) is 0 Å². The van der Waals surface area contributed by atoms with Crippen LogP contribution in [0.2, 0.25) is 0 Å². The summed E-state index contributed by atoms with van der Waals surface area (Å²) >= 11 is 4.51. The lowest BCUT2D eigenvalue weighted by Crippen LogP contribution is -2.63. The first-order valence-corrected chi connectivity index (χ1v) is 11.3. The number of hydrogen-bond acceptors (Lipinski definition) is 8. The van der Waals surface area contributed by atoms with E-state index in [0.29, 0.717) is 11.4 Å². The van der Waals surface area contributed by atoms with E-state index >= 15 is 0 Å². The SMILES string of the molecule is C=C/C=C(\C=C/C)c1csc(SC2=C(C(=O)O)N3C(=CO)C(NC)C3SC2)n1. The Morgan fingerprint density at radius 3 is 2.93 bits per heavy atom. The summed E-state index contributed by atoms with van der Waals surface area (Å²) in [4.78, 5) is 19.1. The second-order valence-electron chi connectivity index (χ2n) is 5.93. The number of thiazole rings is 1. The van der Waals surface area contributed by atoms with Crippen LogP contribution in [0.1, 0.15) is 12.6 Å². The van der Waals surface area contributed by atoms with Crippen LogP contribution in [0.5, 0.6) is 0 Å². The first kappa shape index (κ1) is 20.8. The van der Waals surface area contributed by atoms with Crippen LogP contribution in [0.25, 0.3) is 5.57 Å². The van der Waals surface area contributed by atoms with E-state index in [1.54, 1.807) is 29.8 Å². The molecule has 1 saturated heterocycles. The molecule has 6 nitrogen and oxygen atoms in total. The van der Waals surface area contributed by atoms with Crippen molar-refractivity contribution in [2.24, 2.45) is 0 Å². The zero-order valence-electron chi connectivity index (χ0n) is 15.5. The smallest absolute Gasteiger partial charge is 0.353 e. The molecule has 0 amide bonds. The Bertz CT molecular complexity index is 901. The Kier molecular flexibility index (Phi) is 6.71. The van der Waals surface area contributed by atoms with Gasteiger partial charge >= 0.3 is 5.97 Å². The van der Waals surface area contributed by atoms with Crippen LogP contribution in [-0.4, -0.2) is 50.3 Å². The van der Waals surface area contributed by atoms with Crippen molar-refractivity contribution < 1.29 is 15.0 Å². The van der Waals surface area contributed by atoms with Crippen LogP contribution < -0.4 is 5.32 Å². The monoisotopic (exact) mass is 435 g/mol. The molecule has 0 aliphatic carbocycles. The van der Waals surface area contributed by atoms with E-state index in [1.165, 1.54) is 23.1 Å². The zero-order chi connectivity index (χ0) is 20.3. The summed E-state index contributed by atoms with van der Waals surface area (Å²) in [6.07, 6.45) is 8.50. The topological polar surface area (TPSA) is 85.7 Å². The fraction of sp³-hybridized carbons (Fsp3) is 0.263. The fourth-order valence-corrected chi connectivity index (χ4v) is 6.68. The van der Waals surface area contributed by atoms with Crippen molar-refractivity contribution in [3.8, 4) is 0 Å². The maximum atomic E-state index is 12.0. The molecule has 3 heterocycles. The zero-order valence-corrected chi connectivity index (χ0v) is 17.9. The van der Waals surface area contributed by atoms with Crippen molar-refractivity contribution in [3.05, 3.63) is 64.5 Å². The molecule has 0 radical (unpaired) electrons. The average Bonchev–Trinajstić information content (AvgIpc) is 3.12. The largest absolute Gasteiger partial charge is 0.514 e. The minimum atomic E-state index is -1.00. The lowest BCUT2D eigenvalue weighted by molar-refractivity contribution is -0.134. The summed E-state index contributed by atoms with van der Waals surface area (Å²) in [5.74, 6) is -0.414. The summed E-state index contributed by atoms with van der Waals surface area (Å²) in [6, 6.07) is -0.0604. The van der Waals surface area contributed by atoms with Gasteiger partial charge < -0.3 is 20.4 Å². The predicted octanol–water partition coefficient (Wildman–Crippen LogP) is 4.05. The second-order valence-corrected chi connectivity index (χ2v) is 9.23. The lowest BCUT2D eigenvalue weighted by atomic mass is 10.0. The van der Waals surface area contributed by atoms with Gasteiger partial charge in [0.2, 0.25) is 0 Å². The van der Waals surface area contributed by atoms with Gasteiger partial charge in [0.15, 0.2) is 4.34 Å². The number of allylic oxidation sites excluding steroid dienone is 5. The molecule has 2 aliphatic heterocycles. The lowest BCUT2D eigenvalue weighted by Gasteiger charge is -2.52. The van der Waals surface area contributed by atoms with E-state index in [2.05, 4.69) is 16.9 Å². The van der Waals surface area contributed by atoms with Gasteiger partial charge in [-0.15, -0.1) is 23.1 Å². The van der Waals surface area contributed by atoms with Crippen LogP contribution in [0, 0.1) is 0 Å². The summed E-state index contributed by atoms with van der Waals surface area (Å²) < 4.78 is 0.780. The highest BCUT2D eigenvalue weighted by Crippen LogP contribution is 2.49. The number of aliphatic hydroxyl groups excluding tert-OH is 1. The third-order valence-corrected chi connectivity index (χ3v) is 7.79. The van der Waals surface area contributed by atoms with Gasteiger partial charge in [-0.1, -0.05) is 42.6 Å². The number of aliphatic hydroxyl groups is 1. The number of hydrogen-bond donors (Lipinski definition) is 3. The van der Waals surface area contributed by atoms with E-state index in [1.807, 2.05) is 30.5 Å². The Hall–Kier alpha value is -1.94.